The number of benzene rings is 1. The van der Waals surface area contributed by atoms with E-state index < -0.39 is 22.7 Å². The average molecular weight is 451 g/mol. The Morgan fingerprint density at radius 3 is 2.61 bits per heavy atom. The summed E-state index contributed by atoms with van der Waals surface area (Å²) in [4.78, 5) is 27.7. The molecule has 0 saturated heterocycles. The second-order valence-electron chi connectivity index (χ2n) is 6.16. The number of halogens is 1. The number of carbonyl (C=O) groups excluding carboxylic acids is 2. The first-order valence-electron chi connectivity index (χ1n) is 8.22. The van der Waals surface area contributed by atoms with Gasteiger partial charge in [-0.1, -0.05) is 11.6 Å². The number of hydrogen-bond acceptors (Lipinski definition) is 7. The number of nitrogens with zero attached hydrogens (tertiary/aromatic N) is 1. The smallest absolute Gasteiger partial charge is 0.548 e. The van der Waals surface area contributed by atoms with Gasteiger partial charge < -0.3 is 24.7 Å². The van der Waals surface area contributed by atoms with Crippen LogP contribution in [-0.2, 0) is 15.3 Å². The zero-order chi connectivity index (χ0) is 20.0. The number of nitrogens with one attached hydrogen (secondary N) is 1. The number of aromatic nitrogens is 1. The summed E-state index contributed by atoms with van der Waals surface area (Å²) >= 11 is 7.12. The van der Waals surface area contributed by atoms with Crippen molar-refractivity contribution in [2.24, 2.45) is 0 Å². The number of aliphatic hydroxyl groups excluding tert-OH is 1. The number of amides is 1. The third-order valence-electron chi connectivity index (χ3n) is 3.97. The van der Waals surface area contributed by atoms with Gasteiger partial charge in [-0.05, 0) is 44.5 Å². The number of aliphatic carboxylic acids is 1. The summed E-state index contributed by atoms with van der Waals surface area (Å²) in [5.74, 6) is -0.536. The summed E-state index contributed by atoms with van der Waals surface area (Å²) in [6.45, 7) is 2.58. The van der Waals surface area contributed by atoms with Crippen molar-refractivity contribution in [2.45, 2.75) is 36.8 Å². The number of rotatable bonds is 9. The molecule has 7 nitrogen and oxygen atoms in total. The van der Waals surface area contributed by atoms with E-state index >= 15 is 0 Å². The molecule has 0 radical (unpaired) electrons. The second kappa shape index (κ2) is 11.7. The second-order valence-corrected chi connectivity index (χ2v) is 7.93. The van der Waals surface area contributed by atoms with Gasteiger partial charge in [-0.15, -0.1) is 11.8 Å². The van der Waals surface area contributed by atoms with Crippen LogP contribution in [-0.4, -0.2) is 39.4 Å². The van der Waals surface area contributed by atoms with Gasteiger partial charge in [-0.2, -0.15) is 0 Å². The largest absolute Gasteiger partial charge is 1.00 e. The zero-order valence-electron chi connectivity index (χ0n) is 15.9. The maximum Gasteiger partial charge on any atom is 1.00 e. The van der Waals surface area contributed by atoms with Crippen molar-refractivity contribution in [2.75, 3.05) is 6.61 Å². The summed E-state index contributed by atoms with van der Waals surface area (Å²) in [7, 11) is 0. The van der Waals surface area contributed by atoms with Crippen LogP contribution in [0.4, 0.5) is 0 Å². The first kappa shape index (κ1) is 25.6. The Balaban J connectivity index is 0.00000392. The molecule has 2 unspecified atom stereocenters. The monoisotopic (exact) mass is 450 g/mol. The molecule has 1 aromatic carbocycles. The number of oxazole rings is 1. The Morgan fingerprint density at radius 2 is 2.04 bits per heavy atom. The van der Waals surface area contributed by atoms with Crippen LogP contribution in [0.5, 0.6) is 0 Å². The van der Waals surface area contributed by atoms with E-state index in [1.807, 2.05) is 12.1 Å². The van der Waals surface area contributed by atoms with Crippen molar-refractivity contribution < 1.29 is 75.6 Å². The summed E-state index contributed by atoms with van der Waals surface area (Å²) in [6, 6.07) is 7.14. The predicted octanol–water partition coefficient (Wildman–Crippen LogP) is -1.37. The Morgan fingerprint density at radius 1 is 1.39 bits per heavy atom. The molecule has 0 spiro atoms. The Labute approximate surface area is 215 Å². The molecule has 0 fully saturated rings. The molecule has 146 valence electrons. The third kappa shape index (κ3) is 7.14. The van der Waals surface area contributed by atoms with Gasteiger partial charge in [0.25, 0.3) is 0 Å². The molecule has 1 aromatic heterocycles. The van der Waals surface area contributed by atoms with Crippen molar-refractivity contribution in [3.05, 3.63) is 41.4 Å². The van der Waals surface area contributed by atoms with Gasteiger partial charge in [-0.3, -0.25) is 4.79 Å². The number of aliphatic hydroxyl groups is 1. The fourth-order valence-electron chi connectivity index (χ4n) is 2.21. The van der Waals surface area contributed by atoms with Gasteiger partial charge in [0.1, 0.15) is 0 Å². The number of carbonyl (C=O) groups is 2. The van der Waals surface area contributed by atoms with Crippen LogP contribution >= 0.6 is 23.4 Å². The van der Waals surface area contributed by atoms with Gasteiger partial charge in [0.05, 0.1) is 28.7 Å². The molecule has 10 heteroatoms. The first-order chi connectivity index (χ1) is 12.7. The molecule has 0 aliphatic carbocycles. The van der Waals surface area contributed by atoms with Crippen molar-refractivity contribution in [3.8, 4) is 11.3 Å². The van der Waals surface area contributed by atoms with E-state index in [9.17, 15) is 14.7 Å². The van der Waals surface area contributed by atoms with Gasteiger partial charge >= 0.3 is 51.4 Å². The molecule has 2 aromatic rings. The molecule has 1 amide bonds. The minimum Gasteiger partial charge on any atom is -0.548 e. The summed E-state index contributed by atoms with van der Waals surface area (Å²) < 4.78 is 5.67. The Kier molecular flexibility index (Phi) is 10.7. The first-order valence-corrected chi connectivity index (χ1v) is 9.64. The topological polar surface area (TPSA) is 115 Å². The standard InChI is InChI=1S/C18H21ClN2O5S.K/c1-11(16(23)21-18(2,7-8-22)17(24)25)27-10-15-20-9-14(26-15)12-3-5-13(19)6-4-12;/h3-6,9,11,22H,7-8,10H2,1-2H3,(H,21,23)(H,24,25);/q;+1/p-1. The Bertz CT molecular complexity index is 802. The van der Waals surface area contributed by atoms with Crippen LogP contribution in [0.2, 0.25) is 5.02 Å². The number of hydrogen-bond donors (Lipinski definition) is 2. The molecular weight excluding hydrogens is 431 g/mol. The fraction of sp³-hybridized carbons (Fsp3) is 0.389. The van der Waals surface area contributed by atoms with E-state index in [4.69, 9.17) is 21.1 Å². The third-order valence-corrected chi connectivity index (χ3v) is 5.35. The molecule has 1 heterocycles. The SMILES string of the molecule is CC(SCc1ncc(-c2ccc(Cl)cc2)o1)C(=O)NC(C)(CCO)C(=O)[O-].[K+]. The van der Waals surface area contributed by atoms with Crippen LogP contribution in [0.1, 0.15) is 26.2 Å². The molecule has 0 aliphatic rings. The van der Waals surface area contributed by atoms with Crippen LogP contribution in [0.25, 0.3) is 11.3 Å². The minimum absolute atomic E-state index is 0. The molecular formula is C18H20ClKN2O5S. The van der Waals surface area contributed by atoms with Crippen LogP contribution in [0.3, 0.4) is 0 Å². The molecule has 0 saturated carbocycles. The van der Waals surface area contributed by atoms with Crippen LogP contribution in [0, 0.1) is 0 Å². The molecule has 2 rings (SSSR count). The van der Waals surface area contributed by atoms with Crippen LogP contribution < -0.4 is 61.8 Å². The minimum atomic E-state index is -1.62. The van der Waals surface area contributed by atoms with Crippen molar-refractivity contribution in [1.82, 2.24) is 10.3 Å². The van der Waals surface area contributed by atoms with Gasteiger partial charge in [0.2, 0.25) is 11.8 Å². The van der Waals surface area contributed by atoms with Crippen LogP contribution in [0.15, 0.2) is 34.9 Å². The molecule has 0 bridgehead atoms. The quantitative estimate of drug-likeness (QED) is 0.453. The number of carboxylic acid groups (broad SMARTS) is 1. The van der Waals surface area contributed by atoms with Crippen molar-refractivity contribution in [1.29, 1.82) is 0 Å². The van der Waals surface area contributed by atoms with Crippen molar-refractivity contribution >= 4 is 35.2 Å². The van der Waals surface area contributed by atoms with Gasteiger partial charge in [0, 0.05) is 17.2 Å². The van der Waals surface area contributed by atoms with E-state index in [-0.39, 0.29) is 64.4 Å². The maximum atomic E-state index is 12.2. The normalized spacial score (nSPS) is 13.9. The van der Waals surface area contributed by atoms with Gasteiger partial charge in [-0.25, -0.2) is 4.98 Å². The molecule has 0 aliphatic heterocycles. The molecule has 2 atom stereocenters. The maximum absolute atomic E-state index is 12.2. The van der Waals surface area contributed by atoms with E-state index in [1.165, 1.54) is 18.7 Å². The zero-order valence-corrected chi connectivity index (χ0v) is 20.6. The van der Waals surface area contributed by atoms with Gasteiger partial charge in [0.15, 0.2) is 5.76 Å². The number of thioether (sulfide) groups is 1. The van der Waals surface area contributed by atoms with E-state index in [0.29, 0.717) is 22.4 Å². The molecule has 28 heavy (non-hydrogen) atoms. The van der Waals surface area contributed by atoms with E-state index in [1.54, 1.807) is 25.3 Å². The molecule has 2 N–H and O–H groups in total. The predicted molar refractivity (Wildman–Crippen MR) is 101 cm³/mol. The van der Waals surface area contributed by atoms with Crippen molar-refractivity contribution in [3.63, 3.8) is 0 Å². The Hall–Kier alpha value is -0.394. The average Bonchev–Trinajstić information content (AvgIpc) is 3.09. The fourth-order valence-corrected chi connectivity index (χ4v) is 3.07. The number of carboxylic acids is 1. The van der Waals surface area contributed by atoms with E-state index in [2.05, 4.69) is 10.3 Å². The summed E-state index contributed by atoms with van der Waals surface area (Å²) in [6.07, 6.45) is 1.46. The van der Waals surface area contributed by atoms with E-state index in [0.717, 1.165) is 5.56 Å². The summed E-state index contributed by atoms with van der Waals surface area (Å²) in [5.41, 5.74) is -0.784. The summed E-state index contributed by atoms with van der Waals surface area (Å²) in [5, 5.41) is 22.7.